The molecule has 0 saturated heterocycles. The number of rotatable bonds is 0. The summed E-state index contributed by atoms with van der Waals surface area (Å²) in [7, 11) is 0. The maximum absolute atomic E-state index is 5.82. The molecule has 1 nitrogen and oxygen atoms in total. The van der Waals surface area contributed by atoms with Crippen LogP contribution in [0.4, 0.5) is 0 Å². The molecular weight excluding hydrogens is 196 g/mol. The molecule has 0 spiro atoms. The number of ether oxygens (including phenoxy) is 1. The minimum atomic E-state index is 0.722. The van der Waals surface area contributed by atoms with E-state index in [-0.39, 0.29) is 0 Å². The summed E-state index contributed by atoms with van der Waals surface area (Å²) in [6.07, 6.45) is 2.31. The van der Waals surface area contributed by atoms with Gasteiger partial charge in [-0.05, 0) is 41.2 Å². The molecule has 1 heteroatoms. The van der Waals surface area contributed by atoms with Gasteiger partial charge in [0.1, 0.15) is 12.4 Å². The Morgan fingerprint density at radius 3 is 2.31 bits per heavy atom. The fourth-order valence-electron chi connectivity index (χ4n) is 2.92. The van der Waals surface area contributed by atoms with Crippen molar-refractivity contribution in [2.75, 3.05) is 0 Å². The van der Waals surface area contributed by atoms with Gasteiger partial charge in [-0.3, -0.25) is 0 Å². The molecule has 0 fully saturated rings. The molecule has 0 aromatic heterocycles. The van der Waals surface area contributed by atoms with Crippen molar-refractivity contribution in [2.24, 2.45) is 0 Å². The lowest BCUT2D eigenvalue weighted by atomic mass is 9.81. The Bertz CT molecular complexity index is 486. The Hall–Kier alpha value is -1.76. The highest BCUT2D eigenvalue weighted by Crippen LogP contribution is 2.44. The highest BCUT2D eigenvalue weighted by molar-refractivity contribution is 5.82. The second kappa shape index (κ2) is 2.88. The zero-order valence-electron chi connectivity index (χ0n) is 8.99. The first-order valence-corrected chi connectivity index (χ1v) is 5.79. The maximum atomic E-state index is 5.82. The molecule has 0 bridgehead atoms. The minimum Gasteiger partial charge on any atom is -0.488 e. The first-order chi connectivity index (χ1) is 7.93. The lowest BCUT2D eigenvalue weighted by Gasteiger charge is -2.28. The third-order valence-electron chi connectivity index (χ3n) is 3.65. The van der Waals surface area contributed by atoms with Gasteiger partial charge >= 0.3 is 0 Å². The average molecular weight is 208 g/mol. The van der Waals surface area contributed by atoms with Gasteiger partial charge in [0.25, 0.3) is 0 Å². The van der Waals surface area contributed by atoms with E-state index in [1.807, 2.05) is 0 Å². The summed E-state index contributed by atoms with van der Waals surface area (Å²) < 4.78 is 5.82. The van der Waals surface area contributed by atoms with E-state index in [1.165, 1.54) is 34.2 Å². The standard InChI is InChI=1S/C15H12O/c1-3-10-7-8-11-4-2-6-13-15(11)14(10)12(5-1)9-16-13/h1-6H,7-9H2. The zero-order valence-corrected chi connectivity index (χ0v) is 8.99. The van der Waals surface area contributed by atoms with Crippen LogP contribution in [0, 0.1) is 0 Å². The van der Waals surface area contributed by atoms with Crippen molar-refractivity contribution < 1.29 is 4.74 Å². The Morgan fingerprint density at radius 1 is 0.750 bits per heavy atom. The van der Waals surface area contributed by atoms with Gasteiger partial charge in [0.2, 0.25) is 0 Å². The molecule has 16 heavy (non-hydrogen) atoms. The molecule has 1 aliphatic carbocycles. The maximum Gasteiger partial charge on any atom is 0.127 e. The van der Waals surface area contributed by atoms with Crippen LogP contribution in [0.25, 0.3) is 11.1 Å². The van der Waals surface area contributed by atoms with E-state index < -0.39 is 0 Å². The second-order valence-electron chi connectivity index (χ2n) is 4.53. The summed E-state index contributed by atoms with van der Waals surface area (Å²) in [6, 6.07) is 13.0. The molecule has 2 aromatic carbocycles. The third-order valence-corrected chi connectivity index (χ3v) is 3.65. The van der Waals surface area contributed by atoms with Crippen LogP contribution in [0.3, 0.4) is 0 Å². The highest BCUT2D eigenvalue weighted by Gasteiger charge is 2.25. The molecule has 1 heterocycles. The molecule has 0 radical (unpaired) electrons. The summed E-state index contributed by atoms with van der Waals surface area (Å²) >= 11 is 0. The van der Waals surface area contributed by atoms with Gasteiger partial charge in [-0.15, -0.1) is 0 Å². The first-order valence-electron chi connectivity index (χ1n) is 5.79. The van der Waals surface area contributed by atoms with E-state index in [0.717, 1.165) is 18.8 Å². The summed E-state index contributed by atoms with van der Waals surface area (Å²) in [5, 5.41) is 0. The van der Waals surface area contributed by atoms with Gasteiger partial charge < -0.3 is 4.74 Å². The Labute approximate surface area is 94.7 Å². The summed E-state index contributed by atoms with van der Waals surface area (Å²) in [4.78, 5) is 0. The number of hydrogen-bond donors (Lipinski definition) is 0. The molecule has 0 N–H and O–H groups in total. The molecule has 78 valence electrons. The number of benzene rings is 2. The summed E-state index contributed by atoms with van der Waals surface area (Å²) in [6.45, 7) is 0.722. The molecule has 0 atom stereocenters. The van der Waals surface area contributed by atoms with Crippen LogP contribution in [0.1, 0.15) is 16.7 Å². The average Bonchev–Trinajstić information content (AvgIpc) is 2.36. The van der Waals surface area contributed by atoms with Crippen LogP contribution < -0.4 is 4.74 Å². The number of hydrogen-bond acceptors (Lipinski definition) is 1. The molecule has 2 aliphatic rings. The van der Waals surface area contributed by atoms with Crippen molar-refractivity contribution in [2.45, 2.75) is 19.4 Å². The van der Waals surface area contributed by atoms with Crippen molar-refractivity contribution in [3.63, 3.8) is 0 Å². The van der Waals surface area contributed by atoms with Crippen molar-refractivity contribution in [1.29, 1.82) is 0 Å². The molecule has 1 aliphatic heterocycles. The quantitative estimate of drug-likeness (QED) is 0.645. The van der Waals surface area contributed by atoms with Crippen LogP contribution in [0.15, 0.2) is 36.4 Å². The monoisotopic (exact) mass is 208 g/mol. The molecule has 0 unspecified atom stereocenters. The lowest BCUT2D eigenvalue weighted by molar-refractivity contribution is 0.301. The van der Waals surface area contributed by atoms with Gasteiger partial charge in [-0.25, -0.2) is 0 Å². The minimum absolute atomic E-state index is 0.722. The van der Waals surface area contributed by atoms with Crippen LogP contribution >= 0.6 is 0 Å². The molecule has 0 amide bonds. The van der Waals surface area contributed by atoms with E-state index in [9.17, 15) is 0 Å². The largest absolute Gasteiger partial charge is 0.488 e. The van der Waals surface area contributed by atoms with Crippen molar-refractivity contribution in [3.05, 3.63) is 53.1 Å². The van der Waals surface area contributed by atoms with Crippen LogP contribution in [0.2, 0.25) is 0 Å². The molecule has 0 saturated carbocycles. The van der Waals surface area contributed by atoms with E-state index in [0.29, 0.717) is 0 Å². The lowest BCUT2D eigenvalue weighted by Crippen LogP contribution is -2.13. The van der Waals surface area contributed by atoms with Crippen LogP contribution in [0.5, 0.6) is 5.75 Å². The summed E-state index contributed by atoms with van der Waals surface area (Å²) in [5.74, 6) is 1.07. The SMILES string of the molecule is c1cc2c3c(c1)COc1cccc(c1-3)CC2. The van der Waals surface area contributed by atoms with Crippen molar-refractivity contribution >= 4 is 0 Å². The topological polar surface area (TPSA) is 9.23 Å². The van der Waals surface area contributed by atoms with Gasteiger partial charge in [-0.1, -0.05) is 30.3 Å². The van der Waals surface area contributed by atoms with Gasteiger partial charge in [0.15, 0.2) is 0 Å². The number of aryl methyl sites for hydroxylation is 2. The van der Waals surface area contributed by atoms with Crippen molar-refractivity contribution in [1.82, 2.24) is 0 Å². The predicted molar refractivity (Wildman–Crippen MR) is 63.6 cm³/mol. The van der Waals surface area contributed by atoms with E-state index >= 15 is 0 Å². The predicted octanol–water partition coefficient (Wildman–Crippen LogP) is 3.34. The fraction of sp³-hybridized carbons (Fsp3) is 0.200. The van der Waals surface area contributed by atoms with Gasteiger partial charge in [0.05, 0.1) is 0 Å². The van der Waals surface area contributed by atoms with Gasteiger partial charge in [-0.2, -0.15) is 0 Å². The van der Waals surface area contributed by atoms with E-state index in [2.05, 4.69) is 36.4 Å². The van der Waals surface area contributed by atoms with E-state index in [1.54, 1.807) is 0 Å². The normalized spacial score (nSPS) is 15.2. The van der Waals surface area contributed by atoms with E-state index in [4.69, 9.17) is 4.74 Å². The summed E-state index contributed by atoms with van der Waals surface area (Å²) in [5.41, 5.74) is 7.08. The second-order valence-corrected chi connectivity index (χ2v) is 4.53. The Kier molecular flexibility index (Phi) is 1.51. The first kappa shape index (κ1) is 8.40. The molecular formula is C15H12O. The fourth-order valence-corrected chi connectivity index (χ4v) is 2.92. The highest BCUT2D eigenvalue weighted by atomic mass is 16.5. The van der Waals surface area contributed by atoms with Crippen LogP contribution in [-0.4, -0.2) is 0 Å². The van der Waals surface area contributed by atoms with Crippen LogP contribution in [-0.2, 0) is 19.4 Å². The molecule has 2 aromatic rings. The Balaban J connectivity index is 2.15. The smallest absolute Gasteiger partial charge is 0.127 e. The third kappa shape index (κ3) is 0.955. The van der Waals surface area contributed by atoms with Crippen molar-refractivity contribution in [3.8, 4) is 16.9 Å². The van der Waals surface area contributed by atoms with Gasteiger partial charge in [0, 0.05) is 5.56 Å². The molecule has 4 rings (SSSR count). The zero-order chi connectivity index (χ0) is 10.5. The Morgan fingerprint density at radius 2 is 1.44 bits per heavy atom.